The Labute approximate surface area is 174 Å². The van der Waals surface area contributed by atoms with Crippen LogP contribution < -0.4 is 15.5 Å². The summed E-state index contributed by atoms with van der Waals surface area (Å²) < 4.78 is 1.15. The van der Waals surface area contributed by atoms with Gasteiger partial charge in [-0.25, -0.2) is 4.98 Å². The van der Waals surface area contributed by atoms with Crippen LogP contribution in [0.1, 0.15) is 29.1 Å². The molecule has 3 N–H and O–H groups in total. The van der Waals surface area contributed by atoms with Gasteiger partial charge in [0.1, 0.15) is 6.04 Å². The Bertz CT molecular complexity index is 998. The highest BCUT2D eigenvalue weighted by molar-refractivity contribution is 7.18. The second-order valence-electron chi connectivity index (χ2n) is 7.34. The lowest BCUT2D eigenvalue weighted by atomic mass is 10.1. The molecule has 2 amide bonds. The molecule has 3 aromatic rings. The molecule has 6 nitrogen and oxygen atoms in total. The summed E-state index contributed by atoms with van der Waals surface area (Å²) in [5.74, 6) is -0.393. The number of anilines is 1. The Morgan fingerprint density at radius 3 is 2.62 bits per heavy atom. The average Bonchev–Trinajstić information content (AvgIpc) is 3.13. The van der Waals surface area contributed by atoms with Crippen molar-refractivity contribution in [3.05, 3.63) is 58.6 Å². The van der Waals surface area contributed by atoms with E-state index in [2.05, 4.69) is 28.6 Å². The van der Waals surface area contributed by atoms with E-state index in [1.807, 2.05) is 57.3 Å². The van der Waals surface area contributed by atoms with Crippen molar-refractivity contribution in [3.63, 3.8) is 0 Å². The number of quaternary nitrogens is 1. The molecule has 0 aliphatic rings. The van der Waals surface area contributed by atoms with E-state index in [-0.39, 0.29) is 30.9 Å². The van der Waals surface area contributed by atoms with E-state index in [1.165, 1.54) is 0 Å². The number of aryl methyl sites for hydroxylation is 1. The first-order valence-corrected chi connectivity index (χ1v) is 10.5. The fourth-order valence-electron chi connectivity index (χ4n) is 3.01. The standard InChI is InChI=1S/C22H26N4O2S/c1-14-8-7-10-17(15(14)2)24-20(27)12-23-21(28)13-26(4)16(3)22-25-18-9-5-6-11-19(18)29-22/h5-11,16H,12-13H2,1-4H3,(H,23,28)(H,24,27)/p+1/t16-/m0/s1. The van der Waals surface area contributed by atoms with Crippen LogP contribution in [-0.2, 0) is 9.59 Å². The largest absolute Gasteiger partial charge is 0.342 e. The lowest BCUT2D eigenvalue weighted by Crippen LogP contribution is -3.10. The van der Waals surface area contributed by atoms with E-state index < -0.39 is 0 Å². The number of para-hydroxylation sites is 1. The Morgan fingerprint density at radius 2 is 1.86 bits per heavy atom. The molecule has 7 heteroatoms. The number of aromatic nitrogens is 1. The number of hydrogen-bond donors (Lipinski definition) is 3. The first kappa shape index (κ1) is 21.0. The normalized spacial score (nSPS) is 13.1. The van der Waals surface area contributed by atoms with Gasteiger partial charge in [0, 0.05) is 5.69 Å². The van der Waals surface area contributed by atoms with Crippen molar-refractivity contribution in [2.75, 3.05) is 25.5 Å². The Balaban J connectivity index is 1.50. The van der Waals surface area contributed by atoms with E-state index in [1.54, 1.807) is 11.3 Å². The molecule has 1 unspecified atom stereocenters. The van der Waals surface area contributed by atoms with Gasteiger partial charge in [-0.2, -0.15) is 0 Å². The van der Waals surface area contributed by atoms with E-state index in [0.29, 0.717) is 0 Å². The van der Waals surface area contributed by atoms with Crippen molar-refractivity contribution in [2.45, 2.75) is 26.8 Å². The van der Waals surface area contributed by atoms with Gasteiger partial charge in [0.05, 0.1) is 23.8 Å². The van der Waals surface area contributed by atoms with Gasteiger partial charge in [0.15, 0.2) is 11.6 Å². The fourth-order valence-corrected chi connectivity index (χ4v) is 4.13. The molecule has 0 saturated carbocycles. The molecule has 29 heavy (non-hydrogen) atoms. The highest BCUT2D eigenvalue weighted by Gasteiger charge is 2.22. The molecule has 0 bridgehead atoms. The summed E-state index contributed by atoms with van der Waals surface area (Å²) >= 11 is 1.65. The van der Waals surface area contributed by atoms with Gasteiger partial charge >= 0.3 is 0 Å². The molecule has 0 fully saturated rings. The average molecular weight is 412 g/mol. The summed E-state index contributed by atoms with van der Waals surface area (Å²) in [6, 6.07) is 13.9. The zero-order valence-electron chi connectivity index (χ0n) is 17.2. The summed E-state index contributed by atoms with van der Waals surface area (Å²) in [5, 5.41) is 6.57. The van der Waals surface area contributed by atoms with Crippen molar-refractivity contribution in [2.24, 2.45) is 0 Å². The van der Waals surface area contributed by atoms with Crippen LogP contribution in [0.25, 0.3) is 10.2 Å². The van der Waals surface area contributed by atoms with Crippen LogP contribution in [-0.4, -0.2) is 36.9 Å². The Hall–Kier alpha value is -2.77. The zero-order chi connectivity index (χ0) is 21.0. The third-order valence-electron chi connectivity index (χ3n) is 5.18. The number of nitrogens with zero attached hydrogens (tertiary/aromatic N) is 1. The maximum Gasteiger partial charge on any atom is 0.275 e. The number of nitrogens with one attached hydrogen (secondary N) is 3. The molecule has 0 radical (unpaired) electrons. The van der Waals surface area contributed by atoms with Gasteiger partial charge in [-0.05, 0) is 50.1 Å². The first-order chi connectivity index (χ1) is 13.8. The third kappa shape index (κ3) is 5.19. The topological polar surface area (TPSA) is 75.5 Å². The van der Waals surface area contributed by atoms with Crippen LogP contribution in [0.4, 0.5) is 5.69 Å². The van der Waals surface area contributed by atoms with Crippen LogP contribution in [0, 0.1) is 13.8 Å². The summed E-state index contributed by atoms with van der Waals surface area (Å²) in [4.78, 5) is 30.2. The SMILES string of the molecule is Cc1cccc(NC(=O)CNC(=O)C[NH+](C)[C@@H](C)c2nc3ccccc3s2)c1C. The fraction of sp³-hybridized carbons (Fsp3) is 0.318. The number of carbonyl (C=O) groups excluding carboxylic acids is 2. The number of fused-ring (bicyclic) bond motifs is 1. The smallest absolute Gasteiger partial charge is 0.275 e. The van der Waals surface area contributed by atoms with Crippen LogP contribution >= 0.6 is 11.3 Å². The number of benzene rings is 2. The molecule has 2 atom stereocenters. The van der Waals surface area contributed by atoms with E-state index in [9.17, 15) is 9.59 Å². The molecular formula is C22H27N4O2S+. The Morgan fingerprint density at radius 1 is 1.10 bits per heavy atom. The van der Waals surface area contributed by atoms with Crippen molar-refractivity contribution in [1.29, 1.82) is 0 Å². The number of hydrogen-bond acceptors (Lipinski definition) is 4. The number of amides is 2. The monoisotopic (exact) mass is 411 g/mol. The lowest BCUT2D eigenvalue weighted by Gasteiger charge is -2.19. The third-order valence-corrected chi connectivity index (χ3v) is 6.40. The minimum absolute atomic E-state index is 0.0466. The molecule has 0 aliphatic carbocycles. The molecule has 0 aliphatic heterocycles. The van der Waals surface area contributed by atoms with Crippen molar-refractivity contribution in [3.8, 4) is 0 Å². The van der Waals surface area contributed by atoms with Crippen molar-refractivity contribution >= 4 is 39.1 Å². The maximum absolute atomic E-state index is 12.3. The molecular weight excluding hydrogens is 384 g/mol. The number of likely N-dealkylation sites (N-methyl/N-ethyl adjacent to an activating group) is 1. The summed E-state index contributed by atoms with van der Waals surface area (Å²) in [5.41, 5.74) is 3.90. The molecule has 1 heterocycles. The van der Waals surface area contributed by atoms with E-state index >= 15 is 0 Å². The summed E-state index contributed by atoms with van der Waals surface area (Å²) in [6.45, 7) is 6.25. The van der Waals surface area contributed by atoms with Gasteiger partial charge in [0.25, 0.3) is 5.91 Å². The van der Waals surface area contributed by atoms with Gasteiger partial charge in [-0.3, -0.25) is 9.59 Å². The van der Waals surface area contributed by atoms with E-state index in [0.717, 1.165) is 36.9 Å². The number of carbonyl (C=O) groups is 2. The van der Waals surface area contributed by atoms with Crippen LogP contribution in [0.2, 0.25) is 0 Å². The molecule has 2 aromatic carbocycles. The molecule has 0 saturated heterocycles. The van der Waals surface area contributed by atoms with Crippen molar-refractivity contribution in [1.82, 2.24) is 10.3 Å². The van der Waals surface area contributed by atoms with Gasteiger partial charge in [0.2, 0.25) is 5.91 Å². The van der Waals surface area contributed by atoms with Crippen molar-refractivity contribution < 1.29 is 14.5 Å². The van der Waals surface area contributed by atoms with Gasteiger partial charge in [-0.15, -0.1) is 11.3 Å². The second-order valence-corrected chi connectivity index (χ2v) is 8.40. The van der Waals surface area contributed by atoms with Crippen LogP contribution in [0.3, 0.4) is 0 Å². The second kappa shape index (κ2) is 9.15. The predicted molar refractivity (Wildman–Crippen MR) is 117 cm³/mol. The Kier molecular flexibility index (Phi) is 6.61. The van der Waals surface area contributed by atoms with E-state index in [4.69, 9.17) is 0 Å². The predicted octanol–water partition coefficient (Wildman–Crippen LogP) is 2.24. The molecule has 0 spiro atoms. The minimum Gasteiger partial charge on any atom is -0.342 e. The molecule has 3 rings (SSSR count). The quantitative estimate of drug-likeness (QED) is 0.558. The molecule has 1 aromatic heterocycles. The lowest BCUT2D eigenvalue weighted by molar-refractivity contribution is -0.902. The van der Waals surface area contributed by atoms with Gasteiger partial charge in [-0.1, -0.05) is 24.3 Å². The number of rotatable bonds is 7. The first-order valence-electron chi connectivity index (χ1n) is 9.65. The van der Waals surface area contributed by atoms with Crippen LogP contribution in [0.15, 0.2) is 42.5 Å². The minimum atomic E-state index is -0.232. The highest BCUT2D eigenvalue weighted by Crippen LogP contribution is 2.24. The number of thiazole rings is 1. The summed E-state index contributed by atoms with van der Waals surface area (Å²) in [6.07, 6.45) is 0. The highest BCUT2D eigenvalue weighted by atomic mass is 32.1. The molecule has 152 valence electrons. The maximum atomic E-state index is 12.3. The van der Waals surface area contributed by atoms with Gasteiger partial charge < -0.3 is 15.5 Å². The summed E-state index contributed by atoms with van der Waals surface area (Å²) in [7, 11) is 1.96. The zero-order valence-corrected chi connectivity index (χ0v) is 18.0. The van der Waals surface area contributed by atoms with Crippen LogP contribution in [0.5, 0.6) is 0 Å².